The van der Waals surface area contributed by atoms with Gasteiger partial charge < -0.3 is 0 Å². The minimum absolute atomic E-state index is 0.193. The molecule has 2 rings (SSSR count). The van der Waals surface area contributed by atoms with Gasteiger partial charge in [0.2, 0.25) is 5.24 Å². The average molecular weight is 266 g/mol. The van der Waals surface area contributed by atoms with E-state index in [0.717, 1.165) is 26.1 Å². The second-order valence-corrected chi connectivity index (χ2v) is 5.52. The highest BCUT2D eigenvalue weighted by atomic mass is 35.5. The highest BCUT2D eigenvalue weighted by molar-refractivity contribution is 6.63. The Kier molecular flexibility index (Phi) is 5.21. The summed E-state index contributed by atoms with van der Waals surface area (Å²) in [7, 11) is 0. The molecule has 0 unspecified atom stereocenters. The average Bonchev–Trinajstić information content (AvgIpc) is 2.39. The van der Waals surface area contributed by atoms with E-state index in [2.05, 4.69) is 35.2 Å². The molecule has 1 aliphatic rings. The maximum absolute atomic E-state index is 10.7. The van der Waals surface area contributed by atoms with Crippen LogP contribution in [-0.4, -0.2) is 23.2 Å². The van der Waals surface area contributed by atoms with Crippen molar-refractivity contribution in [3.8, 4) is 0 Å². The molecule has 1 saturated heterocycles. The van der Waals surface area contributed by atoms with Crippen molar-refractivity contribution in [1.29, 1.82) is 0 Å². The lowest BCUT2D eigenvalue weighted by Gasteiger charge is -2.31. The second-order valence-electron chi connectivity index (χ2n) is 5.10. The zero-order valence-electron chi connectivity index (χ0n) is 10.6. The van der Waals surface area contributed by atoms with Gasteiger partial charge in [0.15, 0.2) is 0 Å². The van der Waals surface area contributed by atoms with Gasteiger partial charge >= 0.3 is 0 Å². The molecule has 1 aromatic rings. The first-order valence-electron chi connectivity index (χ1n) is 6.68. The normalized spacial score (nSPS) is 17.8. The van der Waals surface area contributed by atoms with Crippen molar-refractivity contribution < 1.29 is 4.79 Å². The van der Waals surface area contributed by atoms with Crippen LogP contribution in [0.4, 0.5) is 0 Å². The molecule has 0 N–H and O–H groups in total. The van der Waals surface area contributed by atoms with Crippen molar-refractivity contribution in [1.82, 2.24) is 4.90 Å². The van der Waals surface area contributed by atoms with E-state index in [1.165, 1.54) is 18.4 Å². The van der Waals surface area contributed by atoms with Gasteiger partial charge in [0.1, 0.15) is 0 Å². The summed E-state index contributed by atoms with van der Waals surface area (Å²) in [5, 5.41) is -0.193. The SMILES string of the molecule is O=C(Cl)CCC1CCN(Cc2ccccc2)CC1. The van der Waals surface area contributed by atoms with E-state index in [1.54, 1.807) is 0 Å². The number of nitrogens with zero attached hydrogens (tertiary/aromatic N) is 1. The van der Waals surface area contributed by atoms with Gasteiger partial charge in [0.05, 0.1) is 0 Å². The van der Waals surface area contributed by atoms with Gasteiger partial charge in [0.25, 0.3) is 0 Å². The van der Waals surface area contributed by atoms with Crippen molar-refractivity contribution in [3.63, 3.8) is 0 Å². The summed E-state index contributed by atoms with van der Waals surface area (Å²) in [6.07, 6.45) is 3.88. The van der Waals surface area contributed by atoms with E-state index < -0.39 is 0 Å². The van der Waals surface area contributed by atoms with Gasteiger partial charge in [-0.1, -0.05) is 30.3 Å². The molecule has 1 aliphatic heterocycles. The molecule has 18 heavy (non-hydrogen) atoms. The third-order valence-electron chi connectivity index (χ3n) is 3.71. The minimum atomic E-state index is -0.193. The molecule has 0 radical (unpaired) electrons. The van der Waals surface area contributed by atoms with E-state index >= 15 is 0 Å². The van der Waals surface area contributed by atoms with E-state index in [1.807, 2.05) is 0 Å². The van der Waals surface area contributed by atoms with Gasteiger partial charge in [-0.05, 0) is 55.4 Å². The van der Waals surface area contributed by atoms with Gasteiger partial charge in [-0.3, -0.25) is 9.69 Å². The molecule has 0 aliphatic carbocycles. The Morgan fingerprint density at radius 3 is 2.50 bits per heavy atom. The summed E-state index contributed by atoms with van der Waals surface area (Å²) in [5.41, 5.74) is 1.38. The number of piperidine rings is 1. The van der Waals surface area contributed by atoms with Crippen LogP contribution in [0.25, 0.3) is 0 Å². The molecular formula is C15H20ClNO. The van der Waals surface area contributed by atoms with Crippen molar-refractivity contribution in [2.45, 2.75) is 32.2 Å². The number of hydrogen-bond acceptors (Lipinski definition) is 2. The highest BCUT2D eigenvalue weighted by Crippen LogP contribution is 2.23. The number of likely N-dealkylation sites (tertiary alicyclic amines) is 1. The minimum Gasteiger partial charge on any atom is -0.299 e. The molecule has 0 bridgehead atoms. The molecule has 1 heterocycles. The van der Waals surface area contributed by atoms with Crippen LogP contribution in [0.15, 0.2) is 30.3 Å². The number of hydrogen-bond donors (Lipinski definition) is 0. The fraction of sp³-hybridized carbons (Fsp3) is 0.533. The Bertz CT molecular complexity index is 371. The van der Waals surface area contributed by atoms with Crippen LogP contribution in [0.5, 0.6) is 0 Å². The van der Waals surface area contributed by atoms with Gasteiger partial charge in [0, 0.05) is 13.0 Å². The molecule has 0 spiro atoms. The van der Waals surface area contributed by atoms with E-state index in [-0.39, 0.29) is 5.24 Å². The maximum atomic E-state index is 10.7. The van der Waals surface area contributed by atoms with E-state index in [9.17, 15) is 4.79 Å². The number of carbonyl (C=O) groups is 1. The topological polar surface area (TPSA) is 20.3 Å². The van der Waals surface area contributed by atoms with Gasteiger partial charge in [-0.2, -0.15) is 0 Å². The Hall–Kier alpha value is -0.860. The Morgan fingerprint density at radius 1 is 1.22 bits per heavy atom. The fourth-order valence-electron chi connectivity index (χ4n) is 2.59. The summed E-state index contributed by atoms with van der Waals surface area (Å²) in [6, 6.07) is 10.6. The maximum Gasteiger partial charge on any atom is 0.221 e. The van der Waals surface area contributed by atoms with Crippen LogP contribution in [-0.2, 0) is 11.3 Å². The molecule has 0 saturated carbocycles. The van der Waals surface area contributed by atoms with Crippen LogP contribution >= 0.6 is 11.6 Å². The second kappa shape index (κ2) is 6.91. The van der Waals surface area contributed by atoms with Crippen LogP contribution in [0, 0.1) is 5.92 Å². The molecule has 1 aromatic carbocycles. The van der Waals surface area contributed by atoms with Crippen LogP contribution < -0.4 is 0 Å². The summed E-state index contributed by atoms with van der Waals surface area (Å²) in [5.74, 6) is 0.680. The smallest absolute Gasteiger partial charge is 0.221 e. The molecule has 0 aromatic heterocycles. The molecular weight excluding hydrogens is 246 g/mol. The summed E-state index contributed by atoms with van der Waals surface area (Å²) in [4.78, 5) is 13.2. The quantitative estimate of drug-likeness (QED) is 0.760. The lowest BCUT2D eigenvalue weighted by atomic mass is 9.92. The Labute approximate surface area is 114 Å². The number of benzene rings is 1. The first-order chi connectivity index (χ1) is 8.74. The predicted octanol–water partition coefficient (Wildman–Crippen LogP) is 3.44. The highest BCUT2D eigenvalue weighted by Gasteiger charge is 2.19. The number of halogens is 1. The van der Waals surface area contributed by atoms with Crippen molar-refractivity contribution in [2.75, 3.05) is 13.1 Å². The summed E-state index contributed by atoms with van der Waals surface area (Å²) in [6.45, 7) is 3.31. The zero-order chi connectivity index (χ0) is 12.8. The third-order valence-corrected chi connectivity index (χ3v) is 3.89. The first-order valence-corrected chi connectivity index (χ1v) is 7.06. The van der Waals surface area contributed by atoms with E-state index in [0.29, 0.717) is 12.3 Å². The van der Waals surface area contributed by atoms with Crippen LogP contribution in [0.1, 0.15) is 31.2 Å². The van der Waals surface area contributed by atoms with Crippen LogP contribution in [0.3, 0.4) is 0 Å². The largest absolute Gasteiger partial charge is 0.299 e. The number of carbonyl (C=O) groups excluding carboxylic acids is 1. The van der Waals surface area contributed by atoms with Crippen molar-refractivity contribution in [2.24, 2.45) is 5.92 Å². The number of rotatable bonds is 5. The van der Waals surface area contributed by atoms with Crippen molar-refractivity contribution >= 4 is 16.8 Å². The van der Waals surface area contributed by atoms with Gasteiger partial charge in [-0.25, -0.2) is 0 Å². The fourth-order valence-corrected chi connectivity index (χ4v) is 2.70. The monoisotopic (exact) mass is 265 g/mol. The zero-order valence-corrected chi connectivity index (χ0v) is 11.4. The third kappa shape index (κ3) is 4.43. The first kappa shape index (κ1) is 13.6. The molecule has 1 fully saturated rings. The summed E-state index contributed by atoms with van der Waals surface area (Å²) < 4.78 is 0. The standard InChI is InChI=1S/C15H20ClNO/c16-15(18)7-6-13-8-10-17(11-9-13)12-14-4-2-1-3-5-14/h1-5,13H,6-12H2. The Balaban J connectivity index is 1.72. The summed E-state index contributed by atoms with van der Waals surface area (Å²) >= 11 is 5.38. The van der Waals surface area contributed by atoms with E-state index in [4.69, 9.17) is 11.6 Å². The lowest BCUT2D eigenvalue weighted by molar-refractivity contribution is -0.112. The van der Waals surface area contributed by atoms with Crippen LogP contribution in [0.2, 0.25) is 0 Å². The molecule has 98 valence electrons. The molecule has 3 heteroatoms. The van der Waals surface area contributed by atoms with Crippen molar-refractivity contribution in [3.05, 3.63) is 35.9 Å². The molecule has 2 nitrogen and oxygen atoms in total. The Morgan fingerprint density at radius 2 is 1.89 bits per heavy atom. The molecule has 0 atom stereocenters. The lowest BCUT2D eigenvalue weighted by Crippen LogP contribution is -2.33. The molecule has 0 amide bonds. The van der Waals surface area contributed by atoms with Gasteiger partial charge in [-0.15, -0.1) is 0 Å². The predicted molar refractivity (Wildman–Crippen MR) is 74.5 cm³/mol.